The van der Waals surface area contributed by atoms with Crippen LogP contribution in [0.15, 0.2) is 47.3 Å². The summed E-state index contributed by atoms with van der Waals surface area (Å²) in [5.41, 5.74) is 2.04. The van der Waals surface area contributed by atoms with Gasteiger partial charge in [-0.15, -0.1) is 0 Å². The van der Waals surface area contributed by atoms with Crippen LogP contribution in [0.3, 0.4) is 0 Å². The average Bonchev–Trinajstić information content (AvgIpc) is 2.77. The quantitative estimate of drug-likeness (QED) is 0.790. The summed E-state index contributed by atoms with van der Waals surface area (Å²) in [6.45, 7) is 2.36. The number of hydrogen-bond acceptors (Lipinski definition) is 4. The summed E-state index contributed by atoms with van der Waals surface area (Å²) < 4.78 is 6.98. The largest absolute Gasteiger partial charge is 0.497 e. The topological polar surface area (TPSA) is 80.6 Å². The predicted molar refractivity (Wildman–Crippen MR) is 112 cm³/mol. The standard InChI is InChI=1S/C23H27N3O4/c1-30-19-7-5-16(6-8-19)12-24-21(27)9-10-22(28)25-13-17-11-18(15-25)20-3-2-4-23(29)26(20)14-17/h2-8,17-18H,9-15H2,1H3,(H,24,27)/t17-,18+/m0/s1. The number of likely N-dealkylation sites (tertiary alicyclic amines) is 1. The third kappa shape index (κ3) is 4.40. The number of amides is 2. The number of nitrogens with one attached hydrogen (secondary N) is 1. The van der Waals surface area contributed by atoms with Gasteiger partial charge in [0.15, 0.2) is 0 Å². The van der Waals surface area contributed by atoms with Crippen molar-refractivity contribution in [3.05, 3.63) is 64.1 Å². The zero-order chi connectivity index (χ0) is 21.1. The molecule has 2 amide bonds. The van der Waals surface area contributed by atoms with Gasteiger partial charge in [0.2, 0.25) is 11.8 Å². The van der Waals surface area contributed by atoms with Crippen molar-refractivity contribution in [3.63, 3.8) is 0 Å². The third-order valence-electron chi connectivity index (χ3n) is 6.05. The highest BCUT2D eigenvalue weighted by molar-refractivity contribution is 5.83. The van der Waals surface area contributed by atoms with E-state index < -0.39 is 0 Å². The van der Waals surface area contributed by atoms with Gasteiger partial charge in [-0.2, -0.15) is 0 Å². The normalized spacial score (nSPS) is 19.7. The van der Waals surface area contributed by atoms with Gasteiger partial charge in [0.05, 0.1) is 7.11 Å². The maximum Gasteiger partial charge on any atom is 0.250 e. The highest BCUT2D eigenvalue weighted by Gasteiger charge is 2.36. The average molecular weight is 409 g/mol. The van der Waals surface area contributed by atoms with Crippen molar-refractivity contribution < 1.29 is 14.3 Å². The number of piperidine rings is 1. The zero-order valence-electron chi connectivity index (χ0n) is 17.2. The summed E-state index contributed by atoms with van der Waals surface area (Å²) >= 11 is 0. The number of aromatic nitrogens is 1. The number of pyridine rings is 1. The van der Waals surface area contributed by atoms with Crippen LogP contribution in [0, 0.1) is 5.92 Å². The molecule has 158 valence electrons. The SMILES string of the molecule is COc1ccc(CNC(=O)CCC(=O)N2C[C@@H]3C[C@H](C2)c2cccc(=O)n2C3)cc1. The molecule has 2 aliphatic heterocycles. The van der Waals surface area contributed by atoms with Crippen LogP contribution in [0.2, 0.25) is 0 Å². The predicted octanol–water partition coefficient (Wildman–Crippen LogP) is 1.90. The third-order valence-corrected chi connectivity index (χ3v) is 6.05. The summed E-state index contributed by atoms with van der Waals surface area (Å²) in [6, 6.07) is 12.9. The van der Waals surface area contributed by atoms with Crippen molar-refractivity contribution in [3.8, 4) is 5.75 Å². The molecule has 2 bridgehead atoms. The van der Waals surface area contributed by atoms with E-state index in [0.717, 1.165) is 23.4 Å². The molecule has 0 aliphatic carbocycles. The molecule has 1 fully saturated rings. The summed E-state index contributed by atoms with van der Waals surface area (Å²) in [5.74, 6) is 1.14. The van der Waals surface area contributed by atoms with Crippen LogP contribution < -0.4 is 15.6 Å². The van der Waals surface area contributed by atoms with E-state index in [1.807, 2.05) is 39.8 Å². The Balaban J connectivity index is 1.27. The number of ether oxygens (including phenoxy) is 1. The molecule has 1 aromatic carbocycles. The Bertz CT molecular complexity index is 983. The molecule has 1 N–H and O–H groups in total. The molecule has 7 nitrogen and oxygen atoms in total. The van der Waals surface area contributed by atoms with E-state index in [1.165, 1.54) is 0 Å². The van der Waals surface area contributed by atoms with Crippen LogP contribution in [0.25, 0.3) is 0 Å². The van der Waals surface area contributed by atoms with Gasteiger partial charge < -0.3 is 19.5 Å². The Hall–Kier alpha value is -3.09. The highest BCUT2D eigenvalue weighted by Crippen LogP contribution is 2.35. The number of nitrogens with zero attached hydrogens (tertiary/aromatic N) is 2. The maximum absolute atomic E-state index is 12.7. The second-order valence-corrected chi connectivity index (χ2v) is 8.12. The molecule has 2 atom stereocenters. The van der Waals surface area contributed by atoms with Gasteiger partial charge in [0.25, 0.3) is 5.56 Å². The molecule has 30 heavy (non-hydrogen) atoms. The first-order valence-corrected chi connectivity index (χ1v) is 10.4. The number of carbonyl (C=O) groups excluding carboxylic acids is 2. The molecule has 1 saturated heterocycles. The molecule has 0 saturated carbocycles. The van der Waals surface area contributed by atoms with E-state index in [4.69, 9.17) is 4.74 Å². The summed E-state index contributed by atoms with van der Waals surface area (Å²) in [6.07, 6.45) is 1.39. The van der Waals surface area contributed by atoms with E-state index in [9.17, 15) is 14.4 Å². The van der Waals surface area contributed by atoms with E-state index >= 15 is 0 Å². The van der Waals surface area contributed by atoms with Crippen molar-refractivity contribution in [2.45, 2.75) is 38.3 Å². The van der Waals surface area contributed by atoms with E-state index in [-0.39, 0.29) is 36.1 Å². The fraction of sp³-hybridized carbons (Fsp3) is 0.435. The van der Waals surface area contributed by atoms with Crippen molar-refractivity contribution >= 4 is 11.8 Å². The van der Waals surface area contributed by atoms with E-state index in [0.29, 0.717) is 32.1 Å². The molecule has 3 heterocycles. The van der Waals surface area contributed by atoms with Crippen molar-refractivity contribution in [2.24, 2.45) is 5.92 Å². The van der Waals surface area contributed by atoms with Gasteiger partial charge in [-0.25, -0.2) is 0 Å². The van der Waals surface area contributed by atoms with Crippen LogP contribution in [0.1, 0.15) is 36.4 Å². The van der Waals surface area contributed by atoms with Gasteiger partial charge in [-0.1, -0.05) is 18.2 Å². The first-order chi connectivity index (χ1) is 14.5. The number of methoxy groups -OCH3 is 1. The van der Waals surface area contributed by atoms with Crippen molar-refractivity contribution in [1.82, 2.24) is 14.8 Å². The van der Waals surface area contributed by atoms with Crippen LogP contribution in [-0.4, -0.2) is 41.5 Å². The number of rotatable bonds is 6. The number of fused-ring (bicyclic) bond motifs is 4. The molecule has 4 rings (SSSR count). The Morgan fingerprint density at radius 3 is 2.63 bits per heavy atom. The molecule has 0 radical (unpaired) electrons. The molecule has 0 unspecified atom stereocenters. The molecular formula is C23H27N3O4. The highest BCUT2D eigenvalue weighted by atomic mass is 16.5. The summed E-state index contributed by atoms with van der Waals surface area (Å²) in [7, 11) is 1.61. The minimum Gasteiger partial charge on any atom is -0.497 e. The first kappa shape index (κ1) is 20.2. The lowest BCUT2D eigenvalue weighted by molar-refractivity contribution is -0.136. The van der Waals surface area contributed by atoms with Gasteiger partial charge in [-0.3, -0.25) is 14.4 Å². The van der Waals surface area contributed by atoms with Gasteiger partial charge in [0.1, 0.15) is 5.75 Å². The second kappa shape index (κ2) is 8.73. The summed E-state index contributed by atoms with van der Waals surface area (Å²) in [5, 5.41) is 2.87. The second-order valence-electron chi connectivity index (χ2n) is 8.12. The number of benzene rings is 1. The zero-order valence-corrected chi connectivity index (χ0v) is 17.2. The van der Waals surface area contributed by atoms with Crippen LogP contribution >= 0.6 is 0 Å². The lowest BCUT2D eigenvalue weighted by atomic mass is 9.83. The maximum atomic E-state index is 12.7. The van der Waals surface area contributed by atoms with Crippen molar-refractivity contribution in [1.29, 1.82) is 0 Å². The minimum atomic E-state index is -0.131. The Morgan fingerprint density at radius 2 is 1.87 bits per heavy atom. The molecular weight excluding hydrogens is 382 g/mol. The van der Waals surface area contributed by atoms with Gasteiger partial charge in [0, 0.05) is 56.7 Å². The van der Waals surface area contributed by atoms with Crippen LogP contribution in [-0.2, 0) is 22.7 Å². The molecule has 7 heteroatoms. The fourth-order valence-corrected chi connectivity index (χ4v) is 4.51. The molecule has 0 spiro atoms. The number of hydrogen-bond donors (Lipinski definition) is 1. The lowest BCUT2D eigenvalue weighted by Crippen LogP contribution is -2.49. The van der Waals surface area contributed by atoms with Crippen molar-refractivity contribution in [2.75, 3.05) is 20.2 Å². The molecule has 1 aromatic heterocycles. The Kier molecular flexibility index (Phi) is 5.88. The van der Waals surface area contributed by atoms with Crippen LogP contribution in [0.4, 0.5) is 0 Å². The van der Waals surface area contributed by atoms with Gasteiger partial charge in [-0.05, 0) is 36.1 Å². The van der Waals surface area contributed by atoms with E-state index in [1.54, 1.807) is 19.2 Å². The Labute approximate surface area is 175 Å². The first-order valence-electron chi connectivity index (χ1n) is 10.4. The van der Waals surface area contributed by atoms with Crippen LogP contribution in [0.5, 0.6) is 5.75 Å². The fourth-order valence-electron chi connectivity index (χ4n) is 4.51. The minimum absolute atomic E-state index is 0.0102. The monoisotopic (exact) mass is 409 g/mol. The smallest absolute Gasteiger partial charge is 0.250 e. The molecule has 2 aliphatic rings. The number of carbonyl (C=O) groups is 2. The molecule has 2 aromatic rings. The summed E-state index contributed by atoms with van der Waals surface area (Å²) in [4.78, 5) is 38.9. The lowest BCUT2D eigenvalue weighted by Gasteiger charge is -2.42. The van der Waals surface area contributed by atoms with E-state index in [2.05, 4.69) is 5.32 Å². The Morgan fingerprint density at radius 1 is 1.07 bits per heavy atom. The van der Waals surface area contributed by atoms with Gasteiger partial charge >= 0.3 is 0 Å².